The number of aliphatic hydroxyl groups excluding tert-OH is 1. The molecule has 0 saturated carbocycles. The summed E-state index contributed by atoms with van der Waals surface area (Å²) in [5.41, 5.74) is 0.563. The maximum atomic E-state index is 11.7. The van der Waals surface area contributed by atoms with Gasteiger partial charge < -0.3 is 20.1 Å². The van der Waals surface area contributed by atoms with Crippen LogP contribution in [0.25, 0.3) is 0 Å². The van der Waals surface area contributed by atoms with E-state index in [1.54, 1.807) is 4.90 Å². The smallest absolute Gasteiger partial charge is 0.292 e. The number of aliphatic hydroxyl groups is 1. The van der Waals surface area contributed by atoms with Gasteiger partial charge in [0.05, 0.1) is 30.8 Å². The topological polar surface area (TPSA) is 105 Å². The molecule has 0 bridgehead atoms. The molecule has 0 aliphatic carbocycles. The van der Waals surface area contributed by atoms with Crippen LogP contribution in [0.2, 0.25) is 0 Å². The van der Waals surface area contributed by atoms with E-state index in [2.05, 4.69) is 5.32 Å². The predicted molar refractivity (Wildman–Crippen MR) is 75.5 cm³/mol. The van der Waals surface area contributed by atoms with Crippen LogP contribution < -0.4 is 10.2 Å². The van der Waals surface area contributed by atoms with Crippen LogP contribution in [0.15, 0.2) is 18.2 Å². The van der Waals surface area contributed by atoms with E-state index < -0.39 is 4.92 Å². The maximum absolute atomic E-state index is 11.7. The molecule has 1 aliphatic heterocycles. The molecule has 0 aromatic heterocycles. The fourth-order valence-corrected chi connectivity index (χ4v) is 2.32. The molecular formula is C13H17N3O5. The first-order valence-electron chi connectivity index (χ1n) is 6.54. The number of amides is 1. The van der Waals surface area contributed by atoms with Crippen LogP contribution in [0.1, 0.15) is 10.4 Å². The van der Waals surface area contributed by atoms with E-state index in [1.807, 2.05) is 0 Å². The van der Waals surface area contributed by atoms with Gasteiger partial charge in [-0.1, -0.05) is 0 Å². The molecule has 1 saturated heterocycles. The Morgan fingerprint density at radius 3 is 3.00 bits per heavy atom. The average Bonchev–Trinajstić information content (AvgIpc) is 2.53. The Morgan fingerprint density at radius 1 is 1.62 bits per heavy atom. The lowest BCUT2D eigenvalue weighted by Crippen LogP contribution is -2.48. The Bertz CT molecular complexity index is 549. The summed E-state index contributed by atoms with van der Waals surface area (Å²) in [4.78, 5) is 24.1. The second-order valence-corrected chi connectivity index (χ2v) is 4.64. The van der Waals surface area contributed by atoms with Gasteiger partial charge in [0.2, 0.25) is 0 Å². The van der Waals surface area contributed by atoms with E-state index >= 15 is 0 Å². The number of nitro benzene ring substituents is 1. The van der Waals surface area contributed by atoms with Crippen molar-refractivity contribution in [1.82, 2.24) is 5.32 Å². The van der Waals surface area contributed by atoms with Crippen LogP contribution in [0, 0.1) is 10.1 Å². The number of nitrogens with zero attached hydrogens (tertiary/aromatic N) is 2. The summed E-state index contributed by atoms with van der Waals surface area (Å²) in [6, 6.07) is 3.83. The predicted octanol–water partition coefficient (Wildman–Crippen LogP) is 0.152. The van der Waals surface area contributed by atoms with Crippen molar-refractivity contribution < 1.29 is 19.6 Å². The van der Waals surface area contributed by atoms with Gasteiger partial charge in [-0.05, 0) is 12.1 Å². The zero-order valence-corrected chi connectivity index (χ0v) is 11.6. The van der Waals surface area contributed by atoms with Crippen molar-refractivity contribution in [3.63, 3.8) is 0 Å². The molecule has 1 aliphatic rings. The molecule has 114 valence electrons. The lowest BCUT2D eigenvalue weighted by atomic mass is 10.1. The largest absolute Gasteiger partial charge is 0.394 e. The number of morpholine rings is 1. The lowest BCUT2D eigenvalue weighted by Gasteiger charge is -2.36. The van der Waals surface area contributed by atoms with Crippen LogP contribution >= 0.6 is 0 Å². The molecule has 0 radical (unpaired) electrons. The number of nitro groups is 1. The van der Waals surface area contributed by atoms with E-state index in [-0.39, 0.29) is 30.9 Å². The molecule has 2 rings (SSSR count). The fourth-order valence-electron chi connectivity index (χ4n) is 2.32. The third kappa shape index (κ3) is 3.11. The molecular weight excluding hydrogens is 278 g/mol. The number of rotatable bonds is 4. The number of ether oxygens (including phenoxy) is 1. The highest BCUT2D eigenvalue weighted by molar-refractivity contribution is 5.95. The Morgan fingerprint density at radius 2 is 2.38 bits per heavy atom. The molecule has 2 N–H and O–H groups in total. The molecule has 8 nitrogen and oxygen atoms in total. The minimum Gasteiger partial charge on any atom is -0.394 e. The molecule has 1 aromatic carbocycles. The van der Waals surface area contributed by atoms with Crippen molar-refractivity contribution in [3.8, 4) is 0 Å². The van der Waals surface area contributed by atoms with Gasteiger partial charge in [-0.15, -0.1) is 0 Å². The SMILES string of the molecule is CNC(=O)c1ccc([N+](=O)[O-])c(N2CCOCC2CO)c1. The maximum Gasteiger partial charge on any atom is 0.292 e. The van der Waals surface area contributed by atoms with Crippen molar-refractivity contribution >= 4 is 17.3 Å². The Labute approximate surface area is 121 Å². The normalized spacial score (nSPS) is 18.4. The molecule has 21 heavy (non-hydrogen) atoms. The number of carbonyl (C=O) groups excluding carboxylic acids is 1. The van der Waals surface area contributed by atoms with Gasteiger partial charge >= 0.3 is 0 Å². The van der Waals surface area contributed by atoms with Gasteiger partial charge in [-0.2, -0.15) is 0 Å². The average molecular weight is 295 g/mol. The lowest BCUT2D eigenvalue weighted by molar-refractivity contribution is -0.384. The molecule has 1 atom stereocenters. The number of hydrogen-bond donors (Lipinski definition) is 2. The molecule has 8 heteroatoms. The van der Waals surface area contributed by atoms with Crippen LogP contribution in [-0.4, -0.2) is 55.4 Å². The van der Waals surface area contributed by atoms with Crippen LogP contribution in [0.5, 0.6) is 0 Å². The number of benzene rings is 1. The van der Waals surface area contributed by atoms with Crippen LogP contribution in [0.4, 0.5) is 11.4 Å². The molecule has 1 amide bonds. The van der Waals surface area contributed by atoms with Gasteiger partial charge in [0.15, 0.2) is 0 Å². The second-order valence-electron chi connectivity index (χ2n) is 4.64. The van der Waals surface area contributed by atoms with E-state index in [4.69, 9.17) is 4.74 Å². The number of nitrogens with one attached hydrogen (secondary N) is 1. The monoisotopic (exact) mass is 295 g/mol. The van der Waals surface area contributed by atoms with Crippen molar-refractivity contribution in [1.29, 1.82) is 0 Å². The third-order valence-electron chi connectivity index (χ3n) is 3.41. The Kier molecular flexibility index (Phi) is 4.71. The van der Waals surface area contributed by atoms with E-state index in [0.717, 1.165) is 0 Å². The van der Waals surface area contributed by atoms with Gasteiger partial charge in [0, 0.05) is 25.2 Å². The molecule has 1 fully saturated rings. The van der Waals surface area contributed by atoms with Crippen molar-refractivity contribution in [2.75, 3.05) is 38.3 Å². The Hall–Kier alpha value is -2.19. The standard InChI is InChI=1S/C13H17N3O5/c1-14-13(18)9-2-3-11(16(19)20)12(6-9)15-4-5-21-8-10(15)7-17/h2-3,6,10,17H,4-5,7-8H2,1H3,(H,14,18). The quantitative estimate of drug-likeness (QED) is 0.605. The van der Waals surface area contributed by atoms with Crippen LogP contribution in [0.3, 0.4) is 0 Å². The summed E-state index contributed by atoms with van der Waals surface area (Å²) in [5.74, 6) is -0.319. The summed E-state index contributed by atoms with van der Waals surface area (Å²) in [5, 5.41) is 23.1. The first kappa shape index (κ1) is 15.2. The molecule has 1 heterocycles. The second kappa shape index (κ2) is 6.51. The molecule has 0 spiro atoms. The summed E-state index contributed by atoms with van der Waals surface area (Å²) < 4.78 is 5.27. The van der Waals surface area contributed by atoms with Crippen molar-refractivity contribution in [2.24, 2.45) is 0 Å². The highest BCUT2D eigenvalue weighted by Crippen LogP contribution is 2.31. The Balaban J connectivity index is 2.46. The zero-order valence-electron chi connectivity index (χ0n) is 11.6. The zero-order chi connectivity index (χ0) is 15.4. The summed E-state index contributed by atoms with van der Waals surface area (Å²) in [6.45, 7) is 0.945. The summed E-state index contributed by atoms with van der Waals surface area (Å²) >= 11 is 0. The van der Waals surface area contributed by atoms with E-state index in [1.165, 1.54) is 25.2 Å². The van der Waals surface area contributed by atoms with Crippen molar-refractivity contribution in [2.45, 2.75) is 6.04 Å². The first-order valence-corrected chi connectivity index (χ1v) is 6.54. The van der Waals surface area contributed by atoms with Gasteiger partial charge in [-0.3, -0.25) is 14.9 Å². The van der Waals surface area contributed by atoms with Crippen LogP contribution in [-0.2, 0) is 4.74 Å². The third-order valence-corrected chi connectivity index (χ3v) is 3.41. The first-order chi connectivity index (χ1) is 10.1. The van der Waals surface area contributed by atoms with Gasteiger partial charge in [0.1, 0.15) is 5.69 Å². The number of carbonyl (C=O) groups is 1. The van der Waals surface area contributed by atoms with Gasteiger partial charge in [0.25, 0.3) is 11.6 Å². The minimum absolute atomic E-state index is 0.0944. The minimum atomic E-state index is -0.493. The van der Waals surface area contributed by atoms with Crippen molar-refractivity contribution in [3.05, 3.63) is 33.9 Å². The fraction of sp³-hybridized carbons (Fsp3) is 0.462. The van der Waals surface area contributed by atoms with E-state index in [0.29, 0.717) is 24.4 Å². The van der Waals surface area contributed by atoms with Gasteiger partial charge in [-0.25, -0.2) is 0 Å². The summed E-state index contributed by atoms with van der Waals surface area (Å²) in [6.07, 6.45) is 0. The molecule has 1 aromatic rings. The highest BCUT2D eigenvalue weighted by atomic mass is 16.6. The summed E-state index contributed by atoms with van der Waals surface area (Å²) in [7, 11) is 1.49. The number of hydrogen-bond acceptors (Lipinski definition) is 6. The number of anilines is 1. The molecule has 1 unspecified atom stereocenters. The highest BCUT2D eigenvalue weighted by Gasteiger charge is 2.29. The van der Waals surface area contributed by atoms with E-state index in [9.17, 15) is 20.0 Å².